The molecule has 0 bridgehead atoms. The number of nitrogens with zero attached hydrogens (tertiary/aromatic N) is 1. The number of amides is 1. The van der Waals surface area contributed by atoms with Crippen molar-refractivity contribution in [2.45, 2.75) is 18.9 Å². The second-order valence-electron chi connectivity index (χ2n) is 3.74. The van der Waals surface area contributed by atoms with Gasteiger partial charge in [0.15, 0.2) is 0 Å². The van der Waals surface area contributed by atoms with Crippen LogP contribution < -0.4 is 0 Å². The van der Waals surface area contributed by atoms with E-state index >= 15 is 0 Å². The molecule has 1 aromatic carbocycles. The van der Waals surface area contributed by atoms with Gasteiger partial charge in [0.05, 0.1) is 10.6 Å². The van der Waals surface area contributed by atoms with Gasteiger partial charge in [-0.15, -0.1) is 0 Å². The zero-order valence-corrected chi connectivity index (χ0v) is 11.2. The zero-order valence-electron chi connectivity index (χ0n) is 8.34. The van der Waals surface area contributed by atoms with Crippen molar-refractivity contribution < 1.29 is 4.79 Å². The van der Waals surface area contributed by atoms with Crippen LogP contribution in [0.1, 0.15) is 23.2 Å². The van der Waals surface area contributed by atoms with Gasteiger partial charge in [-0.1, -0.05) is 17.7 Å². The van der Waals surface area contributed by atoms with Crippen molar-refractivity contribution in [3.8, 4) is 0 Å². The molecule has 0 aromatic heterocycles. The van der Waals surface area contributed by atoms with Crippen LogP contribution >= 0.6 is 34.2 Å². The summed E-state index contributed by atoms with van der Waals surface area (Å²) < 4.78 is 0.914. The normalized spacial score (nSPS) is 15.1. The summed E-state index contributed by atoms with van der Waals surface area (Å²) in [5.74, 6) is 0.0347. The van der Waals surface area contributed by atoms with Crippen molar-refractivity contribution in [1.29, 1.82) is 0 Å². The first-order valence-corrected chi connectivity index (χ1v) is 6.28. The Kier molecular flexibility index (Phi) is 3.21. The van der Waals surface area contributed by atoms with Crippen LogP contribution in [0.25, 0.3) is 0 Å². The van der Waals surface area contributed by atoms with Crippen molar-refractivity contribution in [3.63, 3.8) is 0 Å². The molecule has 0 radical (unpaired) electrons. The van der Waals surface area contributed by atoms with E-state index in [9.17, 15) is 4.79 Å². The van der Waals surface area contributed by atoms with Crippen molar-refractivity contribution in [2.24, 2.45) is 0 Å². The molecule has 0 atom stereocenters. The van der Waals surface area contributed by atoms with Gasteiger partial charge in [0.1, 0.15) is 0 Å². The van der Waals surface area contributed by atoms with Crippen molar-refractivity contribution in [3.05, 3.63) is 32.4 Å². The van der Waals surface area contributed by atoms with Gasteiger partial charge in [-0.2, -0.15) is 0 Å². The smallest absolute Gasteiger partial charge is 0.256 e. The largest absolute Gasteiger partial charge is 0.339 e. The minimum Gasteiger partial charge on any atom is -0.339 e. The molecule has 0 aliphatic heterocycles. The topological polar surface area (TPSA) is 20.3 Å². The highest BCUT2D eigenvalue weighted by Crippen LogP contribution is 2.29. The molecule has 1 amide bonds. The molecule has 1 fully saturated rings. The van der Waals surface area contributed by atoms with Gasteiger partial charge in [0.2, 0.25) is 0 Å². The summed E-state index contributed by atoms with van der Waals surface area (Å²) >= 11 is 8.19. The molecule has 1 saturated carbocycles. The molecule has 0 heterocycles. The molecule has 0 N–H and O–H groups in total. The molecule has 0 saturated heterocycles. The third-order valence-corrected chi connectivity index (χ3v) is 3.81. The molecule has 1 aliphatic rings. The Labute approximate surface area is 108 Å². The van der Waals surface area contributed by atoms with Gasteiger partial charge in [-0.05, 0) is 47.6 Å². The fraction of sp³-hybridized carbons (Fsp3) is 0.364. The standard InChI is InChI=1S/C11H11ClINO/c1-14(7-5-6-7)11(15)10-8(12)3-2-4-9(10)13/h2-4,7H,5-6H2,1H3. The second-order valence-corrected chi connectivity index (χ2v) is 5.31. The van der Waals surface area contributed by atoms with Gasteiger partial charge < -0.3 is 4.90 Å². The average molecular weight is 336 g/mol. The lowest BCUT2D eigenvalue weighted by Gasteiger charge is -2.17. The molecule has 0 unspecified atom stereocenters. The van der Waals surface area contributed by atoms with Crippen LogP contribution in [-0.4, -0.2) is 23.9 Å². The maximum absolute atomic E-state index is 12.1. The number of halogens is 2. The van der Waals surface area contributed by atoms with Gasteiger partial charge in [0, 0.05) is 16.7 Å². The van der Waals surface area contributed by atoms with E-state index in [2.05, 4.69) is 22.6 Å². The van der Waals surface area contributed by atoms with E-state index in [-0.39, 0.29) is 5.91 Å². The summed E-state index contributed by atoms with van der Waals surface area (Å²) in [6.07, 6.45) is 2.23. The Balaban J connectivity index is 2.31. The van der Waals surface area contributed by atoms with Crippen molar-refractivity contribution >= 4 is 40.1 Å². The summed E-state index contributed by atoms with van der Waals surface area (Å²) in [6.45, 7) is 0. The SMILES string of the molecule is CN(C(=O)c1c(Cl)cccc1I)C1CC1. The fourth-order valence-electron chi connectivity index (χ4n) is 1.51. The van der Waals surface area contributed by atoms with Gasteiger partial charge >= 0.3 is 0 Å². The summed E-state index contributed by atoms with van der Waals surface area (Å²) in [5.41, 5.74) is 0.633. The quantitative estimate of drug-likeness (QED) is 0.760. The lowest BCUT2D eigenvalue weighted by atomic mass is 10.2. The number of hydrogen-bond acceptors (Lipinski definition) is 1. The van der Waals surface area contributed by atoms with Gasteiger partial charge in [-0.25, -0.2) is 0 Å². The number of carbonyl (C=O) groups is 1. The third-order valence-electron chi connectivity index (χ3n) is 2.59. The first kappa shape index (κ1) is 11.2. The van der Waals surface area contributed by atoms with Gasteiger partial charge in [0.25, 0.3) is 5.91 Å². The molecule has 1 aliphatic carbocycles. The molecule has 0 spiro atoms. The van der Waals surface area contributed by atoms with E-state index in [1.54, 1.807) is 11.0 Å². The van der Waals surface area contributed by atoms with E-state index in [0.29, 0.717) is 16.6 Å². The first-order chi connectivity index (χ1) is 7.11. The summed E-state index contributed by atoms with van der Waals surface area (Å²) in [6, 6.07) is 5.94. The van der Waals surface area contributed by atoms with Crippen LogP contribution in [0, 0.1) is 3.57 Å². The number of hydrogen-bond donors (Lipinski definition) is 0. The fourth-order valence-corrected chi connectivity index (χ4v) is 2.65. The predicted molar refractivity (Wildman–Crippen MR) is 69.3 cm³/mol. The van der Waals surface area contributed by atoms with Crippen LogP contribution in [0.4, 0.5) is 0 Å². The third kappa shape index (κ3) is 2.28. The molecule has 2 nitrogen and oxygen atoms in total. The highest BCUT2D eigenvalue weighted by molar-refractivity contribution is 14.1. The predicted octanol–water partition coefficient (Wildman–Crippen LogP) is 3.18. The van der Waals surface area contributed by atoms with Crippen LogP contribution in [0.15, 0.2) is 18.2 Å². The second kappa shape index (κ2) is 4.29. The van der Waals surface area contributed by atoms with Crippen LogP contribution in [-0.2, 0) is 0 Å². The summed E-state index contributed by atoms with van der Waals surface area (Å²) in [4.78, 5) is 13.9. The molecule has 80 valence electrons. The number of rotatable bonds is 2. The lowest BCUT2D eigenvalue weighted by molar-refractivity contribution is 0.0784. The van der Waals surface area contributed by atoms with E-state index < -0.39 is 0 Å². The monoisotopic (exact) mass is 335 g/mol. The minimum atomic E-state index is 0.0347. The van der Waals surface area contributed by atoms with Gasteiger partial charge in [-0.3, -0.25) is 4.79 Å². The first-order valence-electron chi connectivity index (χ1n) is 4.82. The average Bonchev–Trinajstić information content (AvgIpc) is 2.99. The highest BCUT2D eigenvalue weighted by atomic mass is 127. The van der Waals surface area contributed by atoms with E-state index in [0.717, 1.165) is 16.4 Å². The van der Waals surface area contributed by atoms with Crippen LogP contribution in [0.2, 0.25) is 5.02 Å². The van der Waals surface area contributed by atoms with Crippen LogP contribution in [0.3, 0.4) is 0 Å². The molecule has 4 heteroatoms. The number of carbonyl (C=O) groups excluding carboxylic acids is 1. The van der Waals surface area contributed by atoms with E-state index in [1.807, 2.05) is 19.2 Å². The molecular formula is C11H11ClINO. The maximum Gasteiger partial charge on any atom is 0.256 e. The summed E-state index contributed by atoms with van der Waals surface area (Å²) in [5, 5.41) is 0.541. The summed E-state index contributed by atoms with van der Waals surface area (Å²) in [7, 11) is 1.85. The Morgan fingerprint density at radius 2 is 2.20 bits per heavy atom. The maximum atomic E-state index is 12.1. The minimum absolute atomic E-state index is 0.0347. The Bertz CT molecular complexity index is 383. The number of benzene rings is 1. The van der Waals surface area contributed by atoms with Crippen LogP contribution in [0.5, 0.6) is 0 Å². The highest BCUT2D eigenvalue weighted by Gasteiger charge is 2.31. The van der Waals surface area contributed by atoms with E-state index in [1.165, 1.54) is 0 Å². The van der Waals surface area contributed by atoms with Crippen molar-refractivity contribution in [1.82, 2.24) is 4.90 Å². The molecule has 15 heavy (non-hydrogen) atoms. The Morgan fingerprint density at radius 1 is 1.53 bits per heavy atom. The Hall–Kier alpha value is -0.290. The molecule has 2 rings (SSSR count). The van der Waals surface area contributed by atoms with Crippen molar-refractivity contribution in [2.75, 3.05) is 7.05 Å². The molecule has 1 aromatic rings. The Morgan fingerprint density at radius 3 is 2.73 bits per heavy atom. The lowest BCUT2D eigenvalue weighted by Crippen LogP contribution is -2.29. The van der Waals surface area contributed by atoms with E-state index in [4.69, 9.17) is 11.6 Å². The zero-order chi connectivity index (χ0) is 11.0. The molecular weight excluding hydrogens is 324 g/mol.